The topological polar surface area (TPSA) is 59.1 Å². The Balaban J connectivity index is 2.02. The minimum absolute atomic E-state index is 0.187. The summed E-state index contributed by atoms with van der Waals surface area (Å²) in [6.45, 7) is 2.29. The van der Waals surface area contributed by atoms with E-state index in [4.69, 9.17) is 0 Å². The van der Waals surface area contributed by atoms with Crippen molar-refractivity contribution in [3.05, 3.63) is 41.4 Å². The second kappa shape index (κ2) is 6.97. The van der Waals surface area contributed by atoms with Crippen LogP contribution in [0.4, 0.5) is 0 Å². The van der Waals surface area contributed by atoms with Gasteiger partial charge in [0, 0.05) is 12.7 Å². The molecule has 2 aromatic heterocycles. The van der Waals surface area contributed by atoms with Crippen LogP contribution in [-0.2, 0) is 16.6 Å². The van der Waals surface area contributed by atoms with Crippen molar-refractivity contribution in [1.82, 2.24) is 9.71 Å². The van der Waals surface area contributed by atoms with Gasteiger partial charge in [0.15, 0.2) is 0 Å². The van der Waals surface area contributed by atoms with Crippen LogP contribution in [0.25, 0.3) is 10.6 Å². The molecule has 0 aliphatic heterocycles. The molecule has 2 rings (SSSR count). The average molecular weight is 310 g/mol. The summed E-state index contributed by atoms with van der Waals surface area (Å²) in [7, 11) is -3.18. The lowest BCUT2D eigenvalue weighted by Crippen LogP contribution is -2.25. The van der Waals surface area contributed by atoms with Crippen LogP contribution in [0.5, 0.6) is 0 Å². The summed E-state index contributed by atoms with van der Waals surface area (Å²) < 4.78 is 26.1. The third-order valence-corrected chi connectivity index (χ3v) is 5.16. The summed E-state index contributed by atoms with van der Waals surface area (Å²) in [5.41, 5.74) is 1.80. The Hall–Kier alpha value is -1.24. The lowest BCUT2D eigenvalue weighted by Gasteiger charge is -2.07. The zero-order chi connectivity index (χ0) is 14.4. The van der Waals surface area contributed by atoms with Crippen LogP contribution in [0.15, 0.2) is 35.8 Å². The van der Waals surface area contributed by atoms with Gasteiger partial charge in [0.1, 0.15) is 0 Å². The molecule has 0 atom stereocenters. The van der Waals surface area contributed by atoms with E-state index in [1.165, 1.54) is 0 Å². The Kier molecular flexibility index (Phi) is 5.28. The van der Waals surface area contributed by atoms with Crippen molar-refractivity contribution in [2.75, 3.05) is 5.75 Å². The molecule has 4 nitrogen and oxygen atoms in total. The van der Waals surface area contributed by atoms with Crippen LogP contribution >= 0.6 is 11.3 Å². The quantitative estimate of drug-likeness (QED) is 0.855. The third-order valence-electron chi connectivity index (χ3n) is 2.86. The molecule has 2 heterocycles. The smallest absolute Gasteiger partial charge is 0.211 e. The summed E-state index contributed by atoms with van der Waals surface area (Å²) in [5.74, 6) is 0.187. The molecule has 1 N–H and O–H groups in total. The Bertz CT molecular complexity index is 637. The van der Waals surface area contributed by atoms with Crippen LogP contribution in [0.2, 0.25) is 0 Å². The monoisotopic (exact) mass is 310 g/mol. The average Bonchev–Trinajstić information content (AvgIpc) is 2.98. The predicted molar refractivity (Wildman–Crippen MR) is 83.1 cm³/mol. The van der Waals surface area contributed by atoms with E-state index < -0.39 is 10.0 Å². The van der Waals surface area contributed by atoms with Gasteiger partial charge in [0.05, 0.1) is 16.3 Å². The summed E-state index contributed by atoms with van der Waals surface area (Å²) in [5, 5.41) is 2.00. The van der Waals surface area contributed by atoms with Gasteiger partial charge in [-0.2, -0.15) is 0 Å². The highest BCUT2D eigenvalue weighted by atomic mass is 32.2. The van der Waals surface area contributed by atoms with Crippen LogP contribution in [0, 0.1) is 0 Å². The Morgan fingerprint density at radius 2 is 2.20 bits per heavy atom. The summed E-state index contributed by atoms with van der Waals surface area (Å²) >= 11 is 1.62. The van der Waals surface area contributed by atoms with E-state index >= 15 is 0 Å². The molecule has 0 fully saturated rings. The van der Waals surface area contributed by atoms with Crippen molar-refractivity contribution >= 4 is 21.4 Å². The summed E-state index contributed by atoms with van der Waals surface area (Å²) in [4.78, 5) is 5.39. The first-order chi connectivity index (χ1) is 9.61. The zero-order valence-corrected chi connectivity index (χ0v) is 13.0. The number of unbranched alkanes of at least 4 members (excludes halogenated alkanes) is 1. The molecule has 2 aromatic rings. The molecular weight excluding hydrogens is 292 g/mol. The van der Waals surface area contributed by atoms with E-state index in [0.29, 0.717) is 13.0 Å². The largest absolute Gasteiger partial charge is 0.255 e. The normalized spacial score (nSPS) is 11.7. The van der Waals surface area contributed by atoms with Crippen molar-refractivity contribution < 1.29 is 8.42 Å². The highest BCUT2D eigenvalue weighted by molar-refractivity contribution is 7.89. The molecule has 0 radical (unpaired) electrons. The van der Waals surface area contributed by atoms with Crippen molar-refractivity contribution in [1.29, 1.82) is 0 Å². The van der Waals surface area contributed by atoms with Crippen LogP contribution in [0.1, 0.15) is 25.3 Å². The molecular formula is C14H18N2O2S2. The molecule has 0 bridgehead atoms. The van der Waals surface area contributed by atoms with Gasteiger partial charge < -0.3 is 0 Å². The number of sulfonamides is 1. The second-order valence-corrected chi connectivity index (χ2v) is 7.39. The molecule has 6 heteroatoms. The first-order valence-corrected chi connectivity index (χ1v) is 9.10. The van der Waals surface area contributed by atoms with E-state index in [1.807, 2.05) is 36.6 Å². The fourth-order valence-electron chi connectivity index (χ4n) is 1.74. The Morgan fingerprint density at radius 3 is 2.90 bits per heavy atom. The lowest BCUT2D eigenvalue weighted by molar-refractivity contribution is 0.578. The summed E-state index contributed by atoms with van der Waals surface area (Å²) in [6.07, 6.45) is 3.27. The van der Waals surface area contributed by atoms with E-state index in [0.717, 1.165) is 22.6 Å². The first kappa shape index (κ1) is 15.2. The zero-order valence-electron chi connectivity index (χ0n) is 11.4. The number of aromatic nitrogens is 1. The van der Waals surface area contributed by atoms with Crippen molar-refractivity contribution in [3.8, 4) is 10.6 Å². The molecule has 0 aliphatic carbocycles. The van der Waals surface area contributed by atoms with E-state index in [-0.39, 0.29) is 5.75 Å². The molecule has 0 aromatic carbocycles. The molecule has 0 saturated heterocycles. The molecule has 0 saturated carbocycles. The maximum atomic E-state index is 11.8. The fourth-order valence-corrected chi connectivity index (χ4v) is 3.64. The van der Waals surface area contributed by atoms with Gasteiger partial charge in [-0.25, -0.2) is 13.1 Å². The number of thiophene rings is 1. The van der Waals surface area contributed by atoms with Crippen LogP contribution < -0.4 is 4.72 Å². The number of hydrogen-bond acceptors (Lipinski definition) is 4. The second-order valence-electron chi connectivity index (χ2n) is 4.52. The van der Waals surface area contributed by atoms with Crippen molar-refractivity contribution in [2.45, 2.75) is 26.3 Å². The molecule has 0 aliphatic rings. The van der Waals surface area contributed by atoms with Crippen molar-refractivity contribution in [3.63, 3.8) is 0 Å². The minimum atomic E-state index is -3.18. The van der Waals surface area contributed by atoms with Crippen LogP contribution in [0.3, 0.4) is 0 Å². The molecule has 0 amide bonds. The van der Waals surface area contributed by atoms with E-state index in [1.54, 1.807) is 17.5 Å². The number of rotatable bonds is 7. The minimum Gasteiger partial charge on any atom is -0.255 e. The number of hydrogen-bond donors (Lipinski definition) is 1. The van der Waals surface area contributed by atoms with Gasteiger partial charge in [-0.3, -0.25) is 4.98 Å². The van der Waals surface area contributed by atoms with Crippen LogP contribution in [-0.4, -0.2) is 19.2 Å². The Morgan fingerprint density at radius 1 is 1.35 bits per heavy atom. The highest BCUT2D eigenvalue weighted by Gasteiger charge is 2.09. The van der Waals surface area contributed by atoms with Crippen molar-refractivity contribution in [2.24, 2.45) is 0 Å². The Labute approximate surface area is 123 Å². The third kappa shape index (κ3) is 4.40. The molecule has 0 spiro atoms. The first-order valence-electron chi connectivity index (χ1n) is 6.57. The van der Waals surface area contributed by atoms with Gasteiger partial charge >= 0.3 is 0 Å². The standard InChI is InChI=1S/C14H18N2O2S2/c1-2-3-9-20(17,18)16-11-12-6-7-15-13(10-12)14-5-4-8-19-14/h4-8,10,16H,2-3,9,11H2,1H3. The van der Waals surface area contributed by atoms with Gasteiger partial charge in [-0.1, -0.05) is 19.4 Å². The molecule has 20 heavy (non-hydrogen) atoms. The SMILES string of the molecule is CCCCS(=O)(=O)NCc1ccnc(-c2cccs2)c1. The van der Waals surface area contributed by atoms with E-state index in [9.17, 15) is 8.42 Å². The van der Waals surface area contributed by atoms with Gasteiger partial charge in [0.25, 0.3) is 0 Å². The maximum absolute atomic E-state index is 11.8. The van der Waals surface area contributed by atoms with Gasteiger partial charge in [0.2, 0.25) is 10.0 Å². The fraction of sp³-hybridized carbons (Fsp3) is 0.357. The molecule has 108 valence electrons. The number of nitrogens with zero attached hydrogens (tertiary/aromatic N) is 1. The van der Waals surface area contributed by atoms with E-state index in [2.05, 4.69) is 9.71 Å². The number of nitrogens with one attached hydrogen (secondary N) is 1. The van der Waals surface area contributed by atoms with Gasteiger partial charge in [-0.15, -0.1) is 11.3 Å². The highest BCUT2D eigenvalue weighted by Crippen LogP contribution is 2.22. The summed E-state index contributed by atoms with van der Waals surface area (Å²) in [6, 6.07) is 7.73. The van der Waals surface area contributed by atoms with Gasteiger partial charge in [-0.05, 0) is 35.6 Å². The molecule has 0 unspecified atom stereocenters. The maximum Gasteiger partial charge on any atom is 0.211 e. The number of pyridine rings is 1. The predicted octanol–water partition coefficient (Wildman–Crippen LogP) is 3.03. The lowest BCUT2D eigenvalue weighted by atomic mass is 10.2.